The zero-order chi connectivity index (χ0) is 26.7. The topological polar surface area (TPSA) is 71.1 Å². The molecule has 0 amide bonds. The van der Waals surface area contributed by atoms with Crippen molar-refractivity contribution in [2.45, 2.75) is 76.4 Å². The van der Waals surface area contributed by atoms with Gasteiger partial charge in [-0.2, -0.15) is 0 Å². The number of carbonyl (C=O) groups excluding carboxylic acids is 2. The normalized spacial score (nSPS) is 18.9. The number of rotatable bonds is 15. The first kappa shape index (κ1) is 27.5. The molecule has 2 atom stereocenters. The zero-order valence-electron chi connectivity index (χ0n) is 22.1. The Balaban J connectivity index is 0.964. The molecule has 38 heavy (non-hydrogen) atoms. The van der Waals surface area contributed by atoms with Crippen LogP contribution in [0.5, 0.6) is 11.5 Å². The third-order valence-corrected chi connectivity index (χ3v) is 7.02. The fraction of sp³-hybridized carbons (Fsp3) is 0.438. The molecule has 6 nitrogen and oxygen atoms in total. The molecule has 2 saturated heterocycles. The summed E-state index contributed by atoms with van der Waals surface area (Å²) in [5.74, 6) is 1.10. The number of hydrogen-bond donors (Lipinski definition) is 0. The highest BCUT2D eigenvalue weighted by Crippen LogP contribution is 2.34. The van der Waals surface area contributed by atoms with Gasteiger partial charge in [0.2, 0.25) is 0 Å². The van der Waals surface area contributed by atoms with Crippen LogP contribution in [0.4, 0.5) is 0 Å². The molecule has 0 saturated carbocycles. The number of carbonyl (C=O) groups is 2. The van der Waals surface area contributed by atoms with Gasteiger partial charge in [0.1, 0.15) is 23.7 Å². The van der Waals surface area contributed by atoms with Crippen molar-refractivity contribution in [1.29, 1.82) is 0 Å². The van der Waals surface area contributed by atoms with Crippen LogP contribution in [0.25, 0.3) is 0 Å². The van der Waals surface area contributed by atoms with E-state index in [2.05, 4.69) is 13.2 Å². The van der Waals surface area contributed by atoms with Crippen molar-refractivity contribution in [2.24, 2.45) is 0 Å². The monoisotopic (exact) mass is 518 g/mol. The fourth-order valence-electron chi connectivity index (χ4n) is 4.70. The molecule has 0 spiro atoms. The van der Waals surface area contributed by atoms with Crippen LogP contribution in [0.3, 0.4) is 0 Å². The van der Waals surface area contributed by atoms with Crippen molar-refractivity contribution in [3.63, 3.8) is 0 Å². The quantitative estimate of drug-likeness (QED) is 0.139. The Bertz CT molecular complexity index is 980. The van der Waals surface area contributed by atoms with Gasteiger partial charge in [-0.25, -0.2) is 9.59 Å². The highest BCUT2D eigenvalue weighted by atomic mass is 16.6. The van der Waals surface area contributed by atoms with Crippen LogP contribution < -0.4 is 9.47 Å². The summed E-state index contributed by atoms with van der Waals surface area (Å²) in [5, 5.41) is 0. The third kappa shape index (κ3) is 7.98. The van der Waals surface area contributed by atoms with Gasteiger partial charge < -0.3 is 18.9 Å². The van der Waals surface area contributed by atoms with Gasteiger partial charge in [-0.15, -0.1) is 0 Å². The summed E-state index contributed by atoms with van der Waals surface area (Å²) in [7, 11) is 0. The maximum atomic E-state index is 11.5. The van der Waals surface area contributed by atoms with Gasteiger partial charge in [0.15, 0.2) is 0 Å². The van der Waals surface area contributed by atoms with Gasteiger partial charge in [-0.1, -0.05) is 75.9 Å². The van der Waals surface area contributed by atoms with Gasteiger partial charge >= 0.3 is 11.9 Å². The van der Waals surface area contributed by atoms with Crippen molar-refractivity contribution in [1.82, 2.24) is 0 Å². The molecule has 202 valence electrons. The number of ether oxygens (including phenoxy) is 4. The summed E-state index contributed by atoms with van der Waals surface area (Å²) in [6.45, 7) is 8.89. The molecule has 0 aromatic heterocycles. The predicted octanol–water partition coefficient (Wildman–Crippen LogP) is 7.35. The van der Waals surface area contributed by atoms with E-state index in [0.29, 0.717) is 37.2 Å². The van der Waals surface area contributed by atoms with Gasteiger partial charge in [-0.3, -0.25) is 0 Å². The van der Waals surface area contributed by atoms with E-state index in [9.17, 15) is 9.59 Å². The molecule has 2 aliphatic heterocycles. The van der Waals surface area contributed by atoms with Crippen molar-refractivity contribution in [3.05, 3.63) is 84.0 Å². The van der Waals surface area contributed by atoms with Crippen LogP contribution in [0.1, 0.15) is 87.5 Å². The van der Waals surface area contributed by atoms with Gasteiger partial charge in [0.25, 0.3) is 0 Å². The molecule has 2 aromatic rings. The Morgan fingerprint density at radius 3 is 1.24 bits per heavy atom. The Labute approximate surface area is 225 Å². The molecule has 2 aliphatic rings. The second-order valence-electron chi connectivity index (χ2n) is 10.1. The molecule has 0 radical (unpaired) electrons. The van der Waals surface area contributed by atoms with Crippen molar-refractivity contribution in [3.8, 4) is 11.5 Å². The first-order valence-corrected chi connectivity index (χ1v) is 13.7. The van der Waals surface area contributed by atoms with Gasteiger partial charge in [0, 0.05) is 24.0 Å². The molecule has 2 unspecified atom stereocenters. The second-order valence-corrected chi connectivity index (χ2v) is 10.1. The number of hydrogen-bond acceptors (Lipinski definition) is 6. The van der Waals surface area contributed by atoms with Crippen LogP contribution in [0.15, 0.2) is 72.8 Å². The zero-order valence-corrected chi connectivity index (χ0v) is 22.1. The number of esters is 2. The average molecular weight is 519 g/mol. The second kappa shape index (κ2) is 13.8. The lowest BCUT2D eigenvalue weighted by molar-refractivity contribution is -0.140. The first-order valence-electron chi connectivity index (χ1n) is 13.7. The predicted molar refractivity (Wildman–Crippen MR) is 146 cm³/mol. The smallest absolute Gasteiger partial charge is 0.334 e. The number of unbranched alkanes of at least 4 members (excludes halogenated alkanes) is 7. The van der Waals surface area contributed by atoms with Crippen LogP contribution in [0.2, 0.25) is 0 Å². The Kier molecular flexibility index (Phi) is 10.0. The van der Waals surface area contributed by atoms with E-state index in [1.165, 1.54) is 38.5 Å². The Morgan fingerprint density at radius 2 is 0.921 bits per heavy atom. The van der Waals surface area contributed by atoms with E-state index in [1.54, 1.807) is 0 Å². The summed E-state index contributed by atoms with van der Waals surface area (Å²) in [6, 6.07) is 15.6. The van der Waals surface area contributed by atoms with E-state index in [0.717, 1.165) is 35.5 Å². The summed E-state index contributed by atoms with van der Waals surface area (Å²) in [6.07, 6.45) is 10.1. The van der Waals surface area contributed by atoms with Crippen molar-refractivity contribution >= 4 is 11.9 Å². The molecular formula is C32H38O6. The molecular weight excluding hydrogens is 480 g/mol. The molecule has 6 heteroatoms. The van der Waals surface area contributed by atoms with Crippen LogP contribution >= 0.6 is 0 Å². The van der Waals surface area contributed by atoms with Crippen molar-refractivity contribution in [2.75, 3.05) is 13.2 Å². The fourth-order valence-corrected chi connectivity index (χ4v) is 4.70. The lowest BCUT2D eigenvalue weighted by Crippen LogP contribution is -2.00. The molecule has 2 heterocycles. The largest absolute Gasteiger partial charge is 0.494 e. The minimum Gasteiger partial charge on any atom is -0.494 e. The Hall–Kier alpha value is -3.54. The van der Waals surface area contributed by atoms with Crippen molar-refractivity contribution < 1.29 is 28.5 Å². The lowest BCUT2D eigenvalue weighted by atomic mass is 10.1. The van der Waals surface area contributed by atoms with E-state index in [4.69, 9.17) is 18.9 Å². The number of cyclic esters (lactones) is 2. The lowest BCUT2D eigenvalue weighted by Gasteiger charge is -2.11. The maximum absolute atomic E-state index is 11.5. The molecule has 2 fully saturated rings. The summed E-state index contributed by atoms with van der Waals surface area (Å²) < 4.78 is 22.3. The van der Waals surface area contributed by atoms with E-state index >= 15 is 0 Å². The maximum Gasteiger partial charge on any atom is 0.334 e. The number of benzene rings is 2. The van der Waals surface area contributed by atoms with Gasteiger partial charge in [-0.05, 0) is 48.2 Å². The highest BCUT2D eigenvalue weighted by Gasteiger charge is 2.29. The molecule has 0 N–H and O–H groups in total. The molecule has 4 rings (SSSR count). The molecule has 0 bridgehead atoms. The summed E-state index contributed by atoms with van der Waals surface area (Å²) in [5.41, 5.74) is 3.02. The van der Waals surface area contributed by atoms with Crippen LogP contribution in [-0.4, -0.2) is 25.2 Å². The van der Waals surface area contributed by atoms with E-state index in [-0.39, 0.29) is 24.1 Å². The summed E-state index contributed by atoms with van der Waals surface area (Å²) >= 11 is 0. The van der Waals surface area contributed by atoms with E-state index in [1.807, 2.05) is 48.5 Å². The van der Waals surface area contributed by atoms with Crippen LogP contribution in [0, 0.1) is 0 Å². The molecule has 2 aromatic carbocycles. The van der Waals surface area contributed by atoms with Crippen LogP contribution in [-0.2, 0) is 19.1 Å². The van der Waals surface area contributed by atoms with Gasteiger partial charge in [0.05, 0.1) is 13.2 Å². The third-order valence-electron chi connectivity index (χ3n) is 7.02. The van der Waals surface area contributed by atoms with E-state index < -0.39 is 0 Å². The minimum absolute atomic E-state index is 0.220. The SMILES string of the molecule is C=C1CC(c2ccc(OCCCCCCCCCCOc3ccc(C4CC(=C)C(=O)O4)cc3)cc2)OC1=O. The highest BCUT2D eigenvalue weighted by molar-refractivity contribution is 5.90. The molecule has 0 aliphatic carbocycles. The Morgan fingerprint density at radius 1 is 0.579 bits per heavy atom. The average Bonchev–Trinajstić information content (AvgIpc) is 3.45. The first-order chi connectivity index (χ1) is 18.5. The standard InChI is InChI=1S/C32H38O6/c1-23-21-29(37-31(23)33)25-11-15-27(16-12-25)35-19-9-7-5-3-4-6-8-10-20-36-28-17-13-26(14-18-28)30-22-24(2)32(34)38-30/h11-18,29-30H,1-10,19-22H2. The summed E-state index contributed by atoms with van der Waals surface area (Å²) in [4.78, 5) is 23.0. The minimum atomic E-state index is -0.300.